The van der Waals surface area contributed by atoms with Crippen molar-refractivity contribution in [3.8, 4) is 0 Å². The summed E-state index contributed by atoms with van der Waals surface area (Å²) in [5.74, 6) is 1.17. The van der Waals surface area contributed by atoms with Gasteiger partial charge in [-0.3, -0.25) is 5.41 Å². The first kappa shape index (κ1) is 15.8. The van der Waals surface area contributed by atoms with E-state index in [0.717, 1.165) is 18.8 Å². The summed E-state index contributed by atoms with van der Waals surface area (Å²) < 4.78 is 0. The molecular weight excluding hydrogens is 258 g/mol. The van der Waals surface area contributed by atoms with Crippen LogP contribution in [0.5, 0.6) is 0 Å². The number of nitrogens with zero attached hydrogens (tertiary/aromatic N) is 1. The van der Waals surface area contributed by atoms with Gasteiger partial charge in [0.1, 0.15) is 5.84 Å². The van der Waals surface area contributed by atoms with Crippen molar-refractivity contribution in [1.82, 2.24) is 0 Å². The van der Waals surface area contributed by atoms with Crippen molar-refractivity contribution in [3.05, 3.63) is 28.8 Å². The molecule has 0 saturated carbocycles. The second-order valence-corrected chi connectivity index (χ2v) is 6.20. The number of nitrogens with one attached hydrogen (secondary N) is 1. The van der Waals surface area contributed by atoms with Gasteiger partial charge < -0.3 is 10.6 Å². The molecule has 0 saturated heterocycles. The van der Waals surface area contributed by atoms with Crippen LogP contribution in [0.25, 0.3) is 0 Å². The van der Waals surface area contributed by atoms with Crippen LogP contribution in [0.1, 0.15) is 33.3 Å². The Balaban J connectivity index is 3.16. The Morgan fingerprint density at radius 1 is 1.21 bits per heavy atom. The average Bonchev–Trinajstić information content (AvgIpc) is 2.26. The molecule has 0 heterocycles. The predicted octanol–water partition coefficient (Wildman–Crippen LogP) is 3.74. The highest BCUT2D eigenvalue weighted by Gasteiger charge is 2.16. The van der Waals surface area contributed by atoms with E-state index < -0.39 is 0 Å². The number of halogens is 1. The number of hydrogen-bond donors (Lipinski definition) is 2. The smallest absolute Gasteiger partial charge is 0.124 e. The van der Waals surface area contributed by atoms with Gasteiger partial charge in [-0.1, -0.05) is 39.3 Å². The summed E-state index contributed by atoms with van der Waals surface area (Å²) in [6.07, 6.45) is 0. The molecule has 0 aliphatic heterocycles. The van der Waals surface area contributed by atoms with Crippen molar-refractivity contribution in [2.75, 3.05) is 18.0 Å². The van der Waals surface area contributed by atoms with Crippen LogP contribution in [-0.4, -0.2) is 18.9 Å². The number of nitrogens with two attached hydrogens (primary N) is 1. The number of amidine groups is 1. The van der Waals surface area contributed by atoms with Crippen LogP contribution in [0.2, 0.25) is 5.02 Å². The molecule has 0 aromatic heterocycles. The van der Waals surface area contributed by atoms with Crippen LogP contribution in [0.4, 0.5) is 5.69 Å². The zero-order valence-corrected chi connectivity index (χ0v) is 13.0. The van der Waals surface area contributed by atoms with Gasteiger partial charge in [-0.15, -0.1) is 0 Å². The molecule has 0 fully saturated rings. The topological polar surface area (TPSA) is 53.1 Å². The van der Waals surface area contributed by atoms with E-state index in [1.165, 1.54) is 0 Å². The maximum Gasteiger partial charge on any atom is 0.124 e. The van der Waals surface area contributed by atoms with Crippen LogP contribution in [0.15, 0.2) is 18.2 Å². The van der Waals surface area contributed by atoms with Gasteiger partial charge in [-0.05, 0) is 30.0 Å². The summed E-state index contributed by atoms with van der Waals surface area (Å²) in [6.45, 7) is 10.7. The molecule has 0 bridgehead atoms. The first-order valence-electron chi connectivity index (χ1n) is 6.70. The molecule has 1 rings (SSSR count). The molecule has 3 N–H and O–H groups in total. The lowest BCUT2D eigenvalue weighted by atomic mass is 10.1. The third-order valence-corrected chi connectivity index (χ3v) is 3.00. The molecule has 0 atom stereocenters. The zero-order chi connectivity index (χ0) is 14.6. The van der Waals surface area contributed by atoms with Gasteiger partial charge in [0.2, 0.25) is 0 Å². The largest absolute Gasteiger partial charge is 0.384 e. The number of hydrogen-bond acceptors (Lipinski definition) is 2. The number of anilines is 1. The Morgan fingerprint density at radius 3 is 2.16 bits per heavy atom. The second-order valence-electron chi connectivity index (χ2n) is 5.77. The van der Waals surface area contributed by atoms with Crippen LogP contribution in [0.3, 0.4) is 0 Å². The van der Waals surface area contributed by atoms with E-state index in [1.807, 2.05) is 12.1 Å². The predicted molar refractivity (Wildman–Crippen MR) is 84.4 cm³/mol. The summed E-state index contributed by atoms with van der Waals surface area (Å²) in [4.78, 5) is 2.29. The summed E-state index contributed by atoms with van der Waals surface area (Å²) in [5, 5.41) is 8.34. The van der Waals surface area contributed by atoms with E-state index >= 15 is 0 Å². The Kier molecular flexibility index (Phi) is 5.67. The molecule has 106 valence electrons. The Bertz CT molecular complexity index is 431. The molecule has 4 heteroatoms. The van der Waals surface area contributed by atoms with Gasteiger partial charge in [-0.25, -0.2) is 0 Å². The second kappa shape index (κ2) is 6.80. The molecule has 1 aromatic carbocycles. The monoisotopic (exact) mass is 281 g/mol. The third kappa shape index (κ3) is 4.75. The normalized spacial score (nSPS) is 11.1. The zero-order valence-electron chi connectivity index (χ0n) is 12.2. The molecule has 0 aliphatic rings. The van der Waals surface area contributed by atoms with Gasteiger partial charge in [0.25, 0.3) is 0 Å². The lowest BCUT2D eigenvalue weighted by molar-refractivity contribution is 0.552. The van der Waals surface area contributed by atoms with Gasteiger partial charge in [0.15, 0.2) is 0 Å². The SMILES string of the molecule is CC(C)CN(CC(C)C)c1ccc(Cl)cc1C(=N)N. The number of nitrogen functional groups attached to an aromatic ring is 1. The van der Waals surface area contributed by atoms with Gasteiger partial charge in [0, 0.05) is 29.4 Å². The Morgan fingerprint density at radius 2 is 1.74 bits per heavy atom. The quantitative estimate of drug-likeness (QED) is 0.616. The highest BCUT2D eigenvalue weighted by atomic mass is 35.5. The van der Waals surface area contributed by atoms with E-state index in [1.54, 1.807) is 6.07 Å². The highest BCUT2D eigenvalue weighted by Crippen LogP contribution is 2.25. The first-order chi connectivity index (χ1) is 8.81. The molecule has 0 amide bonds. The maximum absolute atomic E-state index is 7.72. The van der Waals surface area contributed by atoms with Gasteiger partial charge in [-0.2, -0.15) is 0 Å². The standard InChI is InChI=1S/C15H24ClN3/c1-10(2)8-19(9-11(3)4)14-6-5-12(16)7-13(14)15(17)18/h5-7,10-11H,8-9H2,1-4H3,(H3,17,18). The summed E-state index contributed by atoms with van der Waals surface area (Å²) >= 11 is 6.01. The van der Waals surface area contributed by atoms with Crippen LogP contribution >= 0.6 is 11.6 Å². The Labute approximate surface area is 121 Å². The van der Waals surface area contributed by atoms with E-state index in [9.17, 15) is 0 Å². The molecule has 0 radical (unpaired) electrons. The summed E-state index contributed by atoms with van der Waals surface area (Å²) in [5.41, 5.74) is 7.40. The van der Waals surface area contributed by atoms with E-state index in [-0.39, 0.29) is 5.84 Å². The maximum atomic E-state index is 7.72. The van der Waals surface area contributed by atoms with E-state index in [0.29, 0.717) is 22.4 Å². The molecule has 0 unspecified atom stereocenters. The van der Waals surface area contributed by atoms with Crippen LogP contribution in [0, 0.1) is 17.2 Å². The fourth-order valence-electron chi connectivity index (χ4n) is 2.15. The Hall–Kier alpha value is -1.22. The molecule has 0 aliphatic carbocycles. The highest BCUT2D eigenvalue weighted by molar-refractivity contribution is 6.31. The molecule has 3 nitrogen and oxygen atoms in total. The average molecular weight is 282 g/mol. The van der Waals surface area contributed by atoms with Crippen molar-refractivity contribution in [2.45, 2.75) is 27.7 Å². The van der Waals surface area contributed by atoms with Crippen molar-refractivity contribution in [2.24, 2.45) is 17.6 Å². The van der Waals surface area contributed by atoms with Crippen molar-refractivity contribution >= 4 is 23.1 Å². The van der Waals surface area contributed by atoms with Crippen molar-refractivity contribution in [1.29, 1.82) is 5.41 Å². The fourth-order valence-corrected chi connectivity index (χ4v) is 2.32. The third-order valence-electron chi connectivity index (χ3n) is 2.76. The van der Waals surface area contributed by atoms with Crippen LogP contribution < -0.4 is 10.6 Å². The molecule has 19 heavy (non-hydrogen) atoms. The molecule has 0 spiro atoms. The van der Waals surface area contributed by atoms with Gasteiger partial charge in [0.05, 0.1) is 0 Å². The summed E-state index contributed by atoms with van der Waals surface area (Å²) in [6, 6.07) is 5.59. The summed E-state index contributed by atoms with van der Waals surface area (Å²) in [7, 11) is 0. The molecule has 1 aromatic rings. The first-order valence-corrected chi connectivity index (χ1v) is 7.08. The van der Waals surface area contributed by atoms with Crippen molar-refractivity contribution < 1.29 is 0 Å². The number of benzene rings is 1. The minimum Gasteiger partial charge on any atom is -0.384 e. The van der Waals surface area contributed by atoms with Crippen LogP contribution in [-0.2, 0) is 0 Å². The minimum absolute atomic E-state index is 0.0648. The lowest BCUT2D eigenvalue weighted by Crippen LogP contribution is -2.33. The van der Waals surface area contributed by atoms with E-state index in [4.69, 9.17) is 22.7 Å². The number of rotatable bonds is 6. The fraction of sp³-hybridized carbons (Fsp3) is 0.533. The minimum atomic E-state index is 0.0648. The molecular formula is C15H24ClN3. The lowest BCUT2D eigenvalue weighted by Gasteiger charge is -2.30. The van der Waals surface area contributed by atoms with Gasteiger partial charge >= 0.3 is 0 Å². The van der Waals surface area contributed by atoms with Crippen molar-refractivity contribution in [3.63, 3.8) is 0 Å². The van der Waals surface area contributed by atoms with E-state index in [2.05, 4.69) is 32.6 Å².